The number of amides is 2. The number of halogens is 1. The van der Waals surface area contributed by atoms with Crippen LogP contribution in [0.25, 0.3) is 0 Å². The van der Waals surface area contributed by atoms with E-state index in [1.54, 1.807) is 18.2 Å². The number of carbonyl (C=O) groups is 2. The van der Waals surface area contributed by atoms with E-state index in [0.29, 0.717) is 31.0 Å². The first-order valence-corrected chi connectivity index (χ1v) is 8.66. The second kappa shape index (κ2) is 8.53. The molecule has 1 heterocycles. The molecule has 1 aliphatic heterocycles. The largest absolute Gasteiger partial charge is 0.454 e. The van der Waals surface area contributed by atoms with Gasteiger partial charge in [0.05, 0.1) is 6.54 Å². The molecule has 0 fully saturated rings. The van der Waals surface area contributed by atoms with Crippen molar-refractivity contribution in [3.05, 3.63) is 59.4 Å². The van der Waals surface area contributed by atoms with E-state index in [-0.39, 0.29) is 31.0 Å². The van der Waals surface area contributed by atoms with Gasteiger partial charge < -0.3 is 19.7 Å². The van der Waals surface area contributed by atoms with E-state index in [2.05, 4.69) is 5.32 Å². The molecule has 7 heteroatoms. The topological polar surface area (TPSA) is 67.9 Å². The molecule has 1 N–H and O–H groups in total. The van der Waals surface area contributed by atoms with Crippen molar-refractivity contribution < 1.29 is 23.5 Å². The maximum absolute atomic E-state index is 13.0. The first-order valence-electron chi connectivity index (χ1n) is 8.66. The van der Waals surface area contributed by atoms with Gasteiger partial charge in [-0.1, -0.05) is 18.2 Å². The van der Waals surface area contributed by atoms with Crippen LogP contribution in [0, 0.1) is 5.82 Å². The van der Waals surface area contributed by atoms with Gasteiger partial charge in [-0.3, -0.25) is 9.59 Å². The zero-order valence-corrected chi connectivity index (χ0v) is 15.0. The minimum Gasteiger partial charge on any atom is -0.454 e. The first-order chi connectivity index (χ1) is 13.0. The second-order valence-corrected chi connectivity index (χ2v) is 6.28. The van der Waals surface area contributed by atoms with Crippen molar-refractivity contribution in [1.82, 2.24) is 10.2 Å². The number of hydrogen-bond donors (Lipinski definition) is 1. The molecule has 0 unspecified atom stereocenters. The zero-order chi connectivity index (χ0) is 19.2. The quantitative estimate of drug-likeness (QED) is 0.810. The van der Waals surface area contributed by atoms with Crippen LogP contribution < -0.4 is 14.8 Å². The number of ether oxygens (including phenoxy) is 2. The van der Waals surface area contributed by atoms with Crippen LogP contribution in [0.1, 0.15) is 18.1 Å². The van der Waals surface area contributed by atoms with Crippen LogP contribution in [0.4, 0.5) is 4.39 Å². The van der Waals surface area contributed by atoms with E-state index in [4.69, 9.17) is 9.47 Å². The molecule has 0 radical (unpaired) electrons. The molecule has 6 nitrogen and oxygen atoms in total. The molecule has 1 aliphatic rings. The van der Waals surface area contributed by atoms with Crippen molar-refractivity contribution in [3.63, 3.8) is 0 Å². The molecule has 0 aliphatic carbocycles. The standard InChI is InChI=1S/C20H21FN2O4/c1-14(24)23(9-8-15-2-5-17(21)6-3-15)12-20(25)22-11-16-4-7-18-19(10-16)27-13-26-18/h2-7,10H,8-9,11-13H2,1H3,(H,22,25). The zero-order valence-electron chi connectivity index (χ0n) is 15.0. The highest BCUT2D eigenvalue weighted by Crippen LogP contribution is 2.32. The summed E-state index contributed by atoms with van der Waals surface area (Å²) in [4.78, 5) is 25.5. The van der Waals surface area contributed by atoms with Gasteiger partial charge in [-0.25, -0.2) is 4.39 Å². The normalized spacial score (nSPS) is 11.9. The summed E-state index contributed by atoms with van der Waals surface area (Å²) >= 11 is 0. The molecule has 142 valence electrons. The molecule has 0 aromatic heterocycles. The van der Waals surface area contributed by atoms with Gasteiger partial charge in [-0.2, -0.15) is 0 Å². The number of hydrogen-bond acceptors (Lipinski definition) is 4. The number of nitrogens with zero attached hydrogens (tertiary/aromatic N) is 1. The maximum atomic E-state index is 13.0. The van der Waals surface area contributed by atoms with Crippen molar-refractivity contribution in [3.8, 4) is 11.5 Å². The summed E-state index contributed by atoms with van der Waals surface area (Å²) in [6, 6.07) is 11.6. The lowest BCUT2D eigenvalue weighted by Crippen LogP contribution is -2.40. The molecule has 2 amide bonds. The number of benzene rings is 2. The first kappa shape index (κ1) is 18.7. The smallest absolute Gasteiger partial charge is 0.239 e. The highest BCUT2D eigenvalue weighted by molar-refractivity contribution is 5.83. The highest BCUT2D eigenvalue weighted by atomic mass is 19.1. The lowest BCUT2D eigenvalue weighted by atomic mass is 10.1. The fourth-order valence-electron chi connectivity index (χ4n) is 2.74. The Morgan fingerprint density at radius 1 is 1.07 bits per heavy atom. The Labute approximate surface area is 156 Å². The minimum absolute atomic E-state index is 0.0267. The minimum atomic E-state index is -0.301. The van der Waals surface area contributed by atoms with Crippen LogP contribution in [0.5, 0.6) is 11.5 Å². The van der Waals surface area contributed by atoms with Crippen LogP contribution in [0.15, 0.2) is 42.5 Å². The molecule has 2 aromatic rings. The van der Waals surface area contributed by atoms with E-state index in [1.165, 1.54) is 24.0 Å². The summed E-state index contributed by atoms with van der Waals surface area (Å²) in [5.41, 5.74) is 1.79. The summed E-state index contributed by atoms with van der Waals surface area (Å²) in [6.07, 6.45) is 0.551. The Hall–Kier alpha value is -3.09. The van der Waals surface area contributed by atoms with Gasteiger partial charge in [0.25, 0.3) is 0 Å². The Kier molecular flexibility index (Phi) is 5.90. The summed E-state index contributed by atoms with van der Waals surface area (Å²) < 4.78 is 23.5. The third-order valence-electron chi connectivity index (χ3n) is 4.29. The monoisotopic (exact) mass is 372 g/mol. The fourth-order valence-corrected chi connectivity index (χ4v) is 2.74. The van der Waals surface area contributed by atoms with Crippen LogP contribution in [0.2, 0.25) is 0 Å². The third-order valence-corrected chi connectivity index (χ3v) is 4.29. The molecule has 0 atom stereocenters. The van der Waals surface area contributed by atoms with Crippen molar-refractivity contribution in [2.75, 3.05) is 19.9 Å². The number of nitrogens with one attached hydrogen (secondary N) is 1. The molecular weight excluding hydrogens is 351 g/mol. The summed E-state index contributed by atoms with van der Waals surface area (Å²) in [5.74, 6) is 0.613. The van der Waals surface area contributed by atoms with E-state index in [0.717, 1.165) is 11.1 Å². The lowest BCUT2D eigenvalue weighted by molar-refractivity contribution is -0.134. The van der Waals surface area contributed by atoms with Crippen LogP contribution >= 0.6 is 0 Å². The fraction of sp³-hybridized carbons (Fsp3) is 0.300. The van der Waals surface area contributed by atoms with E-state index in [9.17, 15) is 14.0 Å². The summed E-state index contributed by atoms with van der Waals surface area (Å²) in [6.45, 7) is 2.32. The number of fused-ring (bicyclic) bond motifs is 1. The summed E-state index contributed by atoms with van der Waals surface area (Å²) in [7, 11) is 0. The van der Waals surface area contributed by atoms with E-state index in [1.807, 2.05) is 12.1 Å². The van der Waals surface area contributed by atoms with Crippen molar-refractivity contribution >= 4 is 11.8 Å². The van der Waals surface area contributed by atoms with Gasteiger partial charge in [0.15, 0.2) is 11.5 Å². The third kappa shape index (κ3) is 5.20. The lowest BCUT2D eigenvalue weighted by Gasteiger charge is -2.20. The predicted octanol–water partition coefficient (Wildman–Crippen LogP) is 2.26. The molecule has 0 saturated heterocycles. The molecule has 0 saturated carbocycles. The SMILES string of the molecule is CC(=O)N(CCc1ccc(F)cc1)CC(=O)NCc1ccc2c(c1)OCO2. The molecule has 3 rings (SSSR count). The Morgan fingerprint density at radius 3 is 2.52 bits per heavy atom. The number of rotatable bonds is 7. The van der Waals surface area contributed by atoms with Gasteiger partial charge in [0.1, 0.15) is 5.82 Å². The maximum Gasteiger partial charge on any atom is 0.239 e. The Bertz CT molecular complexity index is 823. The predicted molar refractivity (Wildman–Crippen MR) is 96.8 cm³/mol. The van der Waals surface area contributed by atoms with Gasteiger partial charge in [0, 0.05) is 20.0 Å². The highest BCUT2D eigenvalue weighted by Gasteiger charge is 2.15. The van der Waals surface area contributed by atoms with E-state index < -0.39 is 0 Å². The van der Waals surface area contributed by atoms with Gasteiger partial charge in [-0.15, -0.1) is 0 Å². The molecule has 27 heavy (non-hydrogen) atoms. The molecule has 0 bridgehead atoms. The molecule has 0 spiro atoms. The van der Waals surface area contributed by atoms with Gasteiger partial charge >= 0.3 is 0 Å². The average Bonchev–Trinajstić information content (AvgIpc) is 3.12. The van der Waals surface area contributed by atoms with Gasteiger partial charge in [0.2, 0.25) is 18.6 Å². The van der Waals surface area contributed by atoms with Crippen molar-refractivity contribution in [2.24, 2.45) is 0 Å². The summed E-state index contributed by atoms with van der Waals surface area (Å²) in [5, 5.41) is 2.80. The Balaban J connectivity index is 1.49. The Morgan fingerprint density at radius 2 is 1.78 bits per heavy atom. The second-order valence-electron chi connectivity index (χ2n) is 6.28. The van der Waals surface area contributed by atoms with Crippen molar-refractivity contribution in [1.29, 1.82) is 0 Å². The van der Waals surface area contributed by atoms with Crippen LogP contribution in [-0.4, -0.2) is 36.6 Å². The number of carbonyl (C=O) groups excluding carboxylic acids is 2. The molecule has 2 aromatic carbocycles. The molecular formula is C20H21FN2O4. The van der Waals surface area contributed by atoms with Gasteiger partial charge in [-0.05, 0) is 41.8 Å². The van der Waals surface area contributed by atoms with Crippen LogP contribution in [0.3, 0.4) is 0 Å². The van der Waals surface area contributed by atoms with Crippen LogP contribution in [-0.2, 0) is 22.6 Å². The van der Waals surface area contributed by atoms with Crippen molar-refractivity contribution in [2.45, 2.75) is 19.9 Å². The average molecular weight is 372 g/mol. The van der Waals surface area contributed by atoms with E-state index >= 15 is 0 Å².